The SMILES string of the molecule is CC(=NNC(=O)c1sc(N)nc1C)c1ccc(Cl)cc1. The molecule has 1 heterocycles. The van der Waals surface area contributed by atoms with Crippen LogP contribution in [-0.4, -0.2) is 16.6 Å². The average molecular weight is 309 g/mol. The molecule has 7 heteroatoms. The number of benzene rings is 1. The first-order valence-electron chi connectivity index (χ1n) is 5.81. The Balaban J connectivity index is 2.10. The highest BCUT2D eigenvalue weighted by atomic mass is 35.5. The molecule has 5 nitrogen and oxygen atoms in total. The molecule has 0 radical (unpaired) electrons. The van der Waals surface area contributed by atoms with Crippen LogP contribution in [0.3, 0.4) is 0 Å². The third kappa shape index (κ3) is 3.34. The van der Waals surface area contributed by atoms with Gasteiger partial charge < -0.3 is 5.73 Å². The molecule has 104 valence electrons. The van der Waals surface area contributed by atoms with Gasteiger partial charge in [-0.25, -0.2) is 10.4 Å². The molecule has 0 aliphatic heterocycles. The lowest BCUT2D eigenvalue weighted by molar-refractivity contribution is 0.0958. The number of aryl methyl sites for hydroxylation is 1. The number of anilines is 1. The van der Waals surface area contributed by atoms with Gasteiger partial charge in [0.15, 0.2) is 5.13 Å². The third-order valence-corrected chi connectivity index (χ3v) is 3.84. The second kappa shape index (κ2) is 6.02. The second-order valence-electron chi connectivity index (χ2n) is 4.11. The normalized spacial score (nSPS) is 11.4. The van der Waals surface area contributed by atoms with E-state index in [1.807, 2.05) is 12.1 Å². The molecule has 2 aromatic rings. The van der Waals surface area contributed by atoms with Crippen LogP contribution in [0.2, 0.25) is 5.02 Å². The molecule has 0 saturated heterocycles. The Morgan fingerprint density at radius 1 is 1.40 bits per heavy atom. The van der Waals surface area contributed by atoms with Crippen molar-refractivity contribution in [2.24, 2.45) is 5.10 Å². The number of hydrogen-bond donors (Lipinski definition) is 2. The Bertz CT molecular complexity index is 664. The van der Waals surface area contributed by atoms with Crippen molar-refractivity contribution < 1.29 is 4.79 Å². The number of amides is 1. The first-order valence-corrected chi connectivity index (χ1v) is 7.00. The van der Waals surface area contributed by atoms with Crippen molar-refractivity contribution in [2.75, 3.05) is 5.73 Å². The van der Waals surface area contributed by atoms with Crippen LogP contribution in [0.1, 0.15) is 27.9 Å². The van der Waals surface area contributed by atoms with E-state index >= 15 is 0 Å². The van der Waals surface area contributed by atoms with E-state index < -0.39 is 0 Å². The molecule has 20 heavy (non-hydrogen) atoms. The van der Waals surface area contributed by atoms with Crippen LogP contribution in [0.5, 0.6) is 0 Å². The lowest BCUT2D eigenvalue weighted by Gasteiger charge is -2.02. The third-order valence-electron chi connectivity index (χ3n) is 2.61. The Labute approximate surface area is 125 Å². The molecular weight excluding hydrogens is 296 g/mol. The number of thiazole rings is 1. The van der Waals surface area contributed by atoms with Crippen molar-refractivity contribution in [3.63, 3.8) is 0 Å². The number of nitrogens with zero attached hydrogens (tertiary/aromatic N) is 2. The summed E-state index contributed by atoms with van der Waals surface area (Å²) >= 11 is 6.96. The van der Waals surface area contributed by atoms with E-state index in [9.17, 15) is 4.79 Å². The maximum absolute atomic E-state index is 11.9. The minimum Gasteiger partial charge on any atom is -0.375 e. The maximum Gasteiger partial charge on any atom is 0.283 e. The van der Waals surface area contributed by atoms with E-state index in [0.29, 0.717) is 26.4 Å². The van der Waals surface area contributed by atoms with Gasteiger partial charge in [0.2, 0.25) is 0 Å². The fourth-order valence-corrected chi connectivity index (χ4v) is 2.42. The van der Waals surface area contributed by atoms with Gasteiger partial charge in [0.1, 0.15) is 4.88 Å². The predicted molar refractivity (Wildman–Crippen MR) is 82.4 cm³/mol. The molecular formula is C13H13ClN4OS. The average Bonchev–Trinajstić information content (AvgIpc) is 2.75. The lowest BCUT2D eigenvalue weighted by atomic mass is 10.1. The first kappa shape index (κ1) is 14.5. The van der Waals surface area contributed by atoms with E-state index in [2.05, 4.69) is 15.5 Å². The van der Waals surface area contributed by atoms with Crippen LogP contribution in [0.25, 0.3) is 0 Å². The van der Waals surface area contributed by atoms with E-state index in [0.717, 1.165) is 16.9 Å². The predicted octanol–water partition coefficient (Wildman–Crippen LogP) is 2.84. The maximum atomic E-state index is 11.9. The molecule has 1 aromatic carbocycles. The van der Waals surface area contributed by atoms with Gasteiger partial charge in [-0.2, -0.15) is 5.10 Å². The molecule has 1 aromatic heterocycles. The minimum absolute atomic E-state index is 0.315. The molecule has 0 aliphatic rings. The zero-order valence-corrected chi connectivity index (χ0v) is 12.5. The highest BCUT2D eigenvalue weighted by molar-refractivity contribution is 7.17. The molecule has 0 unspecified atom stereocenters. The minimum atomic E-state index is -0.315. The van der Waals surface area contributed by atoms with Crippen LogP contribution in [-0.2, 0) is 0 Å². The Morgan fingerprint density at radius 2 is 2.05 bits per heavy atom. The van der Waals surface area contributed by atoms with Crippen molar-refractivity contribution in [2.45, 2.75) is 13.8 Å². The number of hydrogen-bond acceptors (Lipinski definition) is 5. The summed E-state index contributed by atoms with van der Waals surface area (Å²) in [5.74, 6) is -0.315. The number of carbonyl (C=O) groups excluding carboxylic acids is 1. The number of hydrazone groups is 1. The number of nitrogens with one attached hydrogen (secondary N) is 1. The van der Waals surface area contributed by atoms with Gasteiger partial charge in [-0.05, 0) is 31.5 Å². The molecule has 0 bridgehead atoms. The number of carbonyl (C=O) groups is 1. The Hall–Kier alpha value is -1.92. The Morgan fingerprint density at radius 3 is 2.60 bits per heavy atom. The van der Waals surface area contributed by atoms with Crippen LogP contribution in [0, 0.1) is 6.92 Å². The topological polar surface area (TPSA) is 80.4 Å². The number of nitrogen functional groups attached to an aromatic ring is 1. The highest BCUT2D eigenvalue weighted by Crippen LogP contribution is 2.19. The number of rotatable bonds is 3. The zero-order valence-electron chi connectivity index (χ0n) is 11.0. The zero-order chi connectivity index (χ0) is 14.7. The van der Waals surface area contributed by atoms with Gasteiger partial charge in [0, 0.05) is 5.02 Å². The van der Waals surface area contributed by atoms with Crippen LogP contribution >= 0.6 is 22.9 Å². The van der Waals surface area contributed by atoms with Crippen LogP contribution in [0.4, 0.5) is 5.13 Å². The van der Waals surface area contributed by atoms with Crippen molar-refractivity contribution in [1.29, 1.82) is 0 Å². The van der Waals surface area contributed by atoms with Crippen molar-refractivity contribution in [3.05, 3.63) is 45.4 Å². The van der Waals surface area contributed by atoms with E-state index in [4.69, 9.17) is 17.3 Å². The number of nitrogens with two attached hydrogens (primary N) is 1. The summed E-state index contributed by atoms with van der Waals surface area (Å²) in [5.41, 5.74) is 10.2. The van der Waals surface area contributed by atoms with Crippen molar-refractivity contribution in [1.82, 2.24) is 10.4 Å². The summed E-state index contributed by atoms with van der Waals surface area (Å²) in [6, 6.07) is 7.21. The van der Waals surface area contributed by atoms with Gasteiger partial charge in [-0.15, -0.1) is 0 Å². The molecule has 0 saturated carbocycles. The van der Waals surface area contributed by atoms with Gasteiger partial charge in [0.25, 0.3) is 5.91 Å². The lowest BCUT2D eigenvalue weighted by Crippen LogP contribution is -2.19. The largest absolute Gasteiger partial charge is 0.375 e. The van der Waals surface area contributed by atoms with Crippen LogP contribution < -0.4 is 11.2 Å². The van der Waals surface area contributed by atoms with E-state index in [1.165, 1.54) is 0 Å². The molecule has 0 fully saturated rings. The summed E-state index contributed by atoms with van der Waals surface area (Å²) in [5, 5.41) is 5.08. The van der Waals surface area contributed by atoms with Crippen molar-refractivity contribution >= 4 is 39.7 Å². The summed E-state index contributed by atoms with van der Waals surface area (Å²) in [6.07, 6.45) is 0. The molecule has 1 amide bonds. The van der Waals surface area contributed by atoms with Gasteiger partial charge >= 0.3 is 0 Å². The second-order valence-corrected chi connectivity index (χ2v) is 5.58. The summed E-state index contributed by atoms with van der Waals surface area (Å²) < 4.78 is 0. The van der Waals surface area contributed by atoms with Gasteiger partial charge in [-0.1, -0.05) is 35.1 Å². The van der Waals surface area contributed by atoms with Gasteiger partial charge in [-0.3, -0.25) is 4.79 Å². The molecule has 3 N–H and O–H groups in total. The first-order chi connectivity index (χ1) is 9.47. The highest BCUT2D eigenvalue weighted by Gasteiger charge is 2.13. The molecule has 0 aliphatic carbocycles. The summed E-state index contributed by atoms with van der Waals surface area (Å²) in [6.45, 7) is 3.54. The fourth-order valence-electron chi connectivity index (χ4n) is 1.57. The van der Waals surface area contributed by atoms with Crippen LogP contribution in [0.15, 0.2) is 29.4 Å². The molecule has 0 atom stereocenters. The summed E-state index contributed by atoms with van der Waals surface area (Å²) in [4.78, 5) is 16.4. The quantitative estimate of drug-likeness (QED) is 0.676. The van der Waals surface area contributed by atoms with E-state index in [-0.39, 0.29) is 5.91 Å². The monoisotopic (exact) mass is 308 g/mol. The smallest absolute Gasteiger partial charge is 0.283 e. The standard InChI is InChI=1S/C13H13ClN4OS/c1-7(9-3-5-10(14)6-4-9)17-18-12(19)11-8(2)16-13(15)20-11/h3-6H,1-2H3,(H2,15,16)(H,18,19). The van der Waals surface area contributed by atoms with Crippen molar-refractivity contribution in [3.8, 4) is 0 Å². The number of halogens is 1. The Kier molecular flexibility index (Phi) is 4.36. The fraction of sp³-hybridized carbons (Fsp3) is 0.154. The van der Waals surface area contributed by atoms with E-state index in [1.54, 1.807) is 26.0 Å². The summed E-state index contributed by atoms with van der Waals surface area (Å²) in [7, 11) is 0. The van der Waals surface area contributed by atoms with Gasteiger partial charge in [0.05, 0.1) is 11.4 Å². The number of aromatic nitrogens is 1. The molecule has 0 spiro atoms. The molecule has 2 rings (SSSR count).